The Morgan fingerprint density at radius 2 is 1.76 bits per heavy atom. The Morgan fingerprint density at radius 3 is 2.47 bits per heavy atom. The molecule has 2 aromatic heterocycles. The minimum Gasteiger partial charge on any atom is -0.305 e. The zero-order chi connectivity index (χ0) is 11.8. The second-order valence-electron chi connectivity index (χ2n) is 3.72. The third-order valence-corrected chi connectivity index (χ3v) is 3.12. The van der Waals surface area contributed by atoms with Crippen molar-refractivity contribution in [3.05, 3.63) is 58.8 Å². The van der Waals surface area contributed by atoms with E-state index < -0.39 is 0 Å². The quantitative estimate of drug-likeness (QED) is 0.639. The molecule has 0 amide bonds. The van der Waals surface area contributed by atoms with Gasteiger partial charge in [-0.15, -0.1) is 0 Å². The van der Waals surface area contributed by atoms with Gasteiger partial charge in [0.15, 0.2) is 5.65 Å². The van der Waals surface area contributed by atoms with E-state index in [-0.39, 0.29) is 0 Å². The summed E-state index contributed by atoms with van der Waals surface area (Å²) in [6.07, 6.45) is 3.87. The van der Waals surface area contributed by atoms with E-state index in [0.717, 1.165) is 21.9 Å². The lowest BCUT2D eigenvalue weighted by Gasteiger charge is -1.95. The molecule has 0 spiro atoms. The second kappa shape index (κ2) is 4.06. The number of halogens is 2. The van der Waals surface area contributed by atoms with Crippen LogP contribution in [0.4, 0.5) is 0 Å². The fourth-order valence-corrected chi connectivity index (χ4v) is 2.08. The topological polar surface area (TPSA) is 17.3 Å². The number of hydrogen-bond donors (Lipinski definition) is 0. The Balaban J connectivity index is 2.18. The summed E-state index contributed by atoms with van der Waals surface area (Å²) in [7, 11) is 0. The van der Waals surface area contributed by atoms with Gasteiger partial charge in [0, 0.05) is 23.0 Å². The van der Waals surface area contributed by atoms with Crippen LogP contribution in [0.2, 0.25) is 10.0 Å². The molecule has 4 heteroatoms. The maximum atomic E-state index is 6.08. The largest absolute Gasteiger partial charge is 0.305 e. The molecule has 0 saturated carbocycles. The number of benzene rings is 1. The van der Waals surface area contributed by atoms with Crippen LogP contribution in [-0.2, 0) is 0 Å². The Hall–Kier alpha value is -1.51. The van der Waals surface area contributed by atoms with E-state index in [1.165, 1.54) is 0 Å². The van der Waals surface area contributed by atoms with Gasteiger partial charge in [-0.3, -0.25) is 0 Å². The van der Waals surface area contributed by atoms with Crippen molar-refractivity contribution < 1.29 is 0 Å². The summed E-state index contributed by atoms with van der Waals surface area (Å²) in [5.74, 6) is 0. The van der Waals surface area contributed by atoms with Crippen LogP contribution >= 0.6 is 23.2 Å². The number of nitrogens with zero attached hydrogens (tertiary/aromatic N) is 2. The highest BCUT2D eigenvalue weighted by atomic mass is 35.5. The van der Waals surface area contributed by atoms with Crippen LogP contribution in [0, 0.1) is 0 Å². The number of aromatic nitrogens is 2. The highest BCUT2D eigenvalue weighted by Crippen LogP contribution is 2.24. The van der Waals surface area contributed by atoms with Crippen molar-refractivity contribution in [2.24, 2.45) is 0 Å². The van der Waals surface area contributed by atoms with Crippen molar-refractivity contribution in [3.63, 3.8) is 0 Å². The normalized spacial score (nSPS) is 10.9. The second-order valence-corrected chi connectivity index (χ2v) is 4.56. The van der Waals surface area contributed by atoms with E-state index in [1.54, 1.807) is 0 Å². The third-order valence-electron chi connectivity index (χ3n) is 2.58. The van der Waals surface area contributed by atoms with Gasteiger partial charge in [-0.1, -0.05) is 35.3 Å². The van der Waals surface area contributed by atoms with Gasteiger partial charge in [0.25, 0.3) is 0 Å². The lowest BCUT2D eigenvalue weighted by molar-refractivity contribution is 1.19. The molecule has 3 aromatic rings. The van der Waals surface area contributed by atoms with E-state index in [1.807, 2.05) is 53.2 Å². The Labute approximate surface area is 108 Å². The fourth-order valence-electron chi connectivity index (χ4n) is 1.74. The van der Waals surface area contributed by atoms with Crippen molar-refractivity contribution in [2.75, 3.05) is 0 Å². The Kier molecular flexibility index (Phi) is 2.54. The average molecular weight is 263 g/mol. The van der Waals surface area contributed by atoms with E-state index in [2.05, 4.69) is 4.98 Å². The molecule has 0 atom stereocenters. The van der Waals surface area contributed by atoms with Gasteiger partial charge in [-0.25, -0.2) is 4.98 Å². The van der Waals surface area contributed by atoms with Gasteiger partial charge in [0.2, 0.25) is 0 Å². The summed E-state index contributed by atoms with van der Waals surface area (Å²) in [4.78, 5) is 4.50. The highest BCUT2D eigenvalue weighted by Gasteiger charge is 2.06. The molecule has 1 aromatic carbocycles. The molecular weight excluding hydrogens is 255 g/mol. The van der Waals surface area contributed by atoms with Crippen molar-refractivity contribution in [3.8, 4) is 11.3 Å². The van der Waals surface area contributed by atoms with Crippen LogP contribution in [0.3, 0.4) is 0 Å². The lowest BCUT2D eigenvalue weighted by Crippen LogP contribution is -1.80. The van der Waals surface area contributed by atoms with Gasteiger partial charge < -0.3 is 4.40 Å². The van der Waals surface area contributed by atoms with Crippen molar-refractivity contribution in [1.82, 2.24) is 9.38 Å². The van der Waals surface area contributed by atoms with E-state index in [4.69, 9.17) is 23.2 Å². The monoisotopic (exact) mass is 262 g/mol. The number of rotatable bonds is 1. The summed E-state index contributed by atoms with van der Waals surface area (Å²) < 4.78 is 1.91. The summed E-state index contributed by atoms with van der Waals surface area (Å²) >= 11 is 11.9. The van der Waals surface area contributed by atoms with Crippen LogP contribution in [0.1, 0.15) is 0 Å². The molecule has 2 heterocycles. The first kappa shape index (κ1) is 10.6. The molecule has 17 heavy (non-hydrogen) atoms. The number of imidazole rings is 1. The molecule has 0 aliphatic carbocycles. The van der Waals surface area contributed by atoms with Crippen molar-refractivity contribution in [1.29, 1.82) is 0 Å². The van der Waals surface area contributed by atoms with Crippen LogP contribution in [-0.4, -0.2) is 9.38 Å². The number of hydrogen-bond acceptors (Lipinski definition) is 1. The maximum absolute atomic E-state index is 6.08. The molecule has 0 aliphatic heterocycles. The van der Waals surface area contributed by atoms with Gasteiger partial charge in [-0.05, 0) is 24.3 Å². The van der Waals surface area contributed by atoms with Gasteiger partial charge in [0.1, 0.15) is 0 Å². The smallest absolute Gasteiger partial charge is 0.156 e. The minimum atomic E-state index is 0.646. The van der Waals surface area contributed by atoms with Gasteiger partial charge in [-0.2, -0.15) is 0 Å². The molecule has 0 aliphatic rings. The molecule has 0 bridgehead atoms. The van der Waals surface area contributed by atoms with E-state index >= 15 is 0 Å². The number of fused-ring (bicyclic) bond motifs is 1. The highest BCUT2D eigenvalue weighted by molar-refractivity contribution is 6.33. The summed E-state index contributed by atoms with van der Waals surface area (Å²) in [6.45, 7) is 0. The third kappa shape index (κ3) is 1.90. The van der Waals surface area contributed by atoms with Crippen LogP contribution < -0.4 is 0 Å². The Morgan fingerprint density at radius 1 is 1.00 bits per heavy atom. The predicted octanol–water partition coefficient (Wildman–Crippen LogP) is 4.31. The van der Waals surface area contributed by atoms with Crippen LogP contribution in [0.5, 0.6) is 0 Å². The standard InChI is InChI=1S/C13H8Cl2N2/c14-10-5-3-9(4-6-10)12-8-17-7-1-2-11(15)13(17)16-12/h1-8H. The SMILES string of the molecule is Clc1ccc(-c2cn3cccc(Cl)c3n2)cc1. The minimum absolute atomic E-state index is 0.646. The maximum Gasteiger partial charge on any atom is 0.156 e. The van der Waals surface area contributed by atoms with Crippen LogP contribution in [0.15, 0.2) is 48.8 Å². The molecular formula is C13H8Cl2N2. The Bertz CT molecular complexity index is 671. The lowest BCUT2D eigenvalue weighted by atomic mass is 10.2. The molecule has 3 rings (SSSR count). The van der Waals surface area contributed by atoms with Crippen molar-refractivity contribution in [2.45, 2.75) is 0 Å². The van der Waals surface area contributed by atoms with E-state index in [9.17, 15) is 0 Å². The first-order valence-corrected chi connectivity index (χ1v) is 5.89. The predicted molar refractivity (Wildman–Crippen MR) is 70.6 cm³/mol. The molecule has 0 unspecified atom stereocenters. The average Bonchev–Trinajstić information content (AvgIpc) is 2.75. The van der Waals surface area contributed by atoms with E-state index in [0.29, 0.717) is 5.02 Å². The first-order valence-electron chi connectivity index (χ1n) is 5.13. The molecule has 2 nitrogen and oxygen atoms in total. The fraction of sp³-hybridized carbons (Fsp3) is 0. The molecule has 84 valence electrons. The van der Waals surface area contributed by atoms with Gasteiger partial charge >= 0.3 is 0 Å². The molecule has 0 saturated heterocycles. The summed E-state index contributed by atoms with van der Waals surface area (Å²) in [6, 6.07) is 11.3. The number of pyridine rings is 1. The summed E-state index contributed by atoms with van der Waals surface area (Å²) in [5, 5.41) is 1.36. The van der Waals surface area contributed by atoms with Crippen LogP contribution in [0.25, 0.3) is 16.9 Å². The molecule has 0 fully saturated rings. The van der Waals surface area contributed by atoms with Crippen molar-refractivity contribution >= 4 is 28.8 Å². The van der Waals surface area contributed by atoms with Gasteiger partial charge in [0.05, 0.1) is 10.7 Å². The zero-order valence-electron chi connectivity index (χ0n) is 8.77. The zero-order valence-corrected chi connectivity index (χ0v) is 10.3. The first-order chi connectivity index (χ1) is 8.24. The molecule has 0 radical (unpaired) electrons. The molecule has 0 N–H and O–H groups in total. The summed E-state index contributed by atoms with van der Waals surface area (Å²) in [5.41, 5.74) is 2.67.